The normalized spacial score (nSPS) is 21.1. The van der Waals surface area contributed by atoms with Crippen molar-refractivity contribution in [2.45, 2.75) is 69.5 Å². The zero-order chi connectivity index (χ0) is 31.4. The van der Waals surface area contributed by atoms with E-state index in [-0.39, 0.29) is 5.54 Å². The first-order chi connectivity index (χ1) is 22.4. The molecule has 2 aromatic carbocycles. The Bertz CT molecular complexity index is 1930. The molecule has 3 aliphatic rings. The lowest BCUT2D eigenvalue weighted by molar-refractivity contribution is -0.130. The molecule has 1 amide bonds. The molecule has 2 atom stereocenters. The second-order valence-electron chi connectivity index (χ2n) is 13.3. The first kappa shape index (κ1) is 28.7. The number of fused-ring (bicyclic) bond motifs is 1. The topological polar surface area (TPSA) is 119 Å². The molecular formula is C37H40N8O. The molecule has 5 heterocycles. The van der Waals surface area contributed by atoms with E-state index in [9.17, 15) is 4.79 Å². The van der Waals surface area contributed by atoms with E-state index in [1.807, 2.05) is 24.3 Å². The van der Waals surface area contributed by atoms with Crippen molar-refractivity contribution in [1.29, 1.82) is 0 Å². The maximum atomic E-state index is 12.4. The predicted molar refractivity (Wildman–Crippen MR) is 182 cm³/mol. The minimum Gasteiger partial charge on any atom is -0.383 e. The minimum absolute atomic E-state index is 0.235. The van der Waals surface area contributed by atoms with Gasteiger partial charge < -0.3 is 21.3 Å². The van der Waals surface area contributed by atoms with Gasteiger partial charge in [-0.3, -0.25) is 9.36 Å². The molecule has 0 bridgehead atoms. The molecule has 234 valence electrons. The third kappa shape index (κ3) is 4.90. The van der Waals surface area contributed by atoms with Crippen molar-refractivity contribution in [2.75, 3.05) is 23.7 Å². The van der Waals surface area contributed by atoms with E-state index in [4.69, 9.17) is 21.4 Å². The monoisotopic (exact) mass is 612 g/mol. The molecule has 9 nitrogen and oxygen atoms in total. The largest absolute Gasteiger partial charge is 0.383 e. The number of hydrogen-bond acceptors (Lipinski definition) is 7. The summed E-state index contributed by atoms with van der Waals surface area (Å²) in [6.07, 6.45) is 8.55. The van der Waals surface area contributed by atoms with E-state index < -0.39 is 0 Å². The first-order valence-electron chi connectivity index (χ1n) is 16.5. The number of carbonyl (C=O) groups excluding carboxylic acids is 1. The van der Waals surface area contributed by atoms with Crippen molar-refractivity contribution >= 4 is 28.6 Å². The fourth-order valence-electron chi connectivity index (χ4n) is 7.65. The fraction of sp³-hybridized carbons (Fsp3) is 0.351. The minimum atomic E-state index is -0.235. The maximum absolute atomic E-state index is 12.4. The molecule has 0 radical (unpaired) electrons. The molecule has 4 N–H and O–H groups in total. The van der Waals surface area contributed by atoms with Crippen LogP contribution in [0.5, 0.6) is 0 Å². The van der Waals surface area contributed by atoms with Crippen LogP contribution in [0, 0.1) is 0 Å². The van der Waals surface area contributed by atoms with Crippen LogP contribution in [0.15, 0.2) is 79.0 Å². The van der Waals surface area contributed by atoms with Crippen LogP contribution in [0.2, 0.25) is 0 Å². The van der Waals surface area contributed by atoms with Gasteiger partial charge in [0.1, 0.15) is 11.3 Å². The Labute approximate surface area is 269 Å². The molecule has 9 heteroatoms. The number of hydrogen-bond donors (Lipinski definition) is 2. The number of piperidine rings is 1. The van der Waals surface area contributed by atoms with Crippen LogP contribution in [-0.4, -0.2) is 55.5 Å². The number of likely N-dealkylation sites (tertiary alicyclic amines) is 1. The average Bonchev–Trinajstić information content (AvgIpc) is 3.67. The Morgan fingerprint density at radius 2 is 1.74 bits per heavy atom. The fourth-order valence-corrected chi connectivity index (χ4v) is 7.65. The molecule has 46 heavy (non-hydrogen) atoms. The van der Waals surface area contributed by atoms with Gasteiger partial charge >= 0.3 is 0 Å². The van der Waals surface area contributed by atoms with Gasteiger partial charge in [-0.25, -0.2) is 15.0 Å². The van der Waals surface area contributed by atoms with Crippen molar-refractivity contribution in [3.8, 4) is 28.3 Å². The Morgan fingerprint density at radius 3 is 2.46 bits per heavy atom. The van der Waals surface area contributed by atoms with E-state index in [1.54, 1.807) is 6.20 Å². The summed E-state index contributed by atoms with van der Waals surface area (Å²) in [7, 11) is 0. The Kier molecular flexibility index (Phi) is 7.01. The van der Waals surface area contributed by atoms with E-state index >= 15 is 0 Å². The van der Waals surface area contributed by atoms with Crippen LogP contribution in [0.3, 0.4) is 0 Å². The number of nitrogens with zero attached hydrogens (tertiary/aromatic N) is 6. The van der Waals surface area contributed by atoms with Crippen LogP contribution in [0.25, 0.3) is 39.5 Å². The summed E-state index contributed by atoms with van der Waals surface area (Å²) in [5.41, 5.74) is 20.3. The van der Waals surface area contributed by atoms with Crippen molar-refractivity contribution in [3.05, 3.63) is 84.6 Å². The lowest BCUT2D eigenvalue weighted by Gasteiger charge is -2.42. The van der Waals surface area contributed by atoms with Gasteiger partial charge in [-0.05, 0) is 99.5 Å². The Hall–Kier alpha value is -4.76. The number of carbonyl (C=O) groups is 1. The van der Waals surface area contributed by atoms with Crippen LogP contribution < -0.4 is 16.4 Å². The summed E-state index contributed by atoms with van der Waals surface area (Å²) in [5, 5.41) is 0. The summed E-state index contributed by atoms with van der Waals surface area (Å²) < 4.78 is 2.08. The van der Waals surface area contributed by atoms with Gasteiger partial charge in [-0.15, -0.1) is 0 Å². The highest BCUT2D eigenvalue weighted by Crippen LogP contribution is 2.40. The number of rotatable bonds is 6. The lowest BCUT2D eigenvalue weighted by atomic mass is 9.73. The van der Waals surface area contributed by atoms with Gasteiger partial charge in [-0.1, -0.05) is 24.3 Å². The zero-order valence-electron chi connectivity index (χ0n) is 26.3. The van der Waals surface area contributed by atoms with Crippen LogP contribution in [-0.2, 0) is 10.3 Å². The number of nitrogen functional groups attached to an aromatic ring is 1. The quantitative estimate of drug-likeness (QED) is 0.240. The van der Waals surface area contributed by atoms with Gasteiger partial charge in [0, 0.05) is 60.3 Å². The van der Waals surface area contributed by atoms with Gasteiger partial charge in [0.2, 0.25) is 5.91 Å². The van der Waals surface area contributed by atoms with Crippen LogP contribution in [0.4, 0.5) is 11.5 Å². The van der Waals surface area contributed by atoms with E-state index in [2.05, 4.69) is 74.8 Å². The van der Waals surface area contributed by atoms with Gasteiger partial charge in [0.05, 0.1) is 11.3 Å². The number of imidazole rings is 1. The predicted octanol–water partition coefficient (Wildman–Crippen LogP) is 6.05. The SMILES string of the molecule is CC1CC(N2CCCC2=O)CCN1c1cccc(-c2ccc3nc(-c4cccnc4N)n(-c4ccc(C5(N)CCC5)cc4)c3n2)c1. The Balaban J connectivity index is 1.16. The van der Waals surface area contributed by atoms with Gasteiger partial charge in [0.25, 0.3) is 0 Å². The molecule has 8 rings (SSSR count). The summed E-state index contributed by atoms with van der Waals surface area (Å²) in [6, 6.07) is 25.7. The highest BCUT2D eigenvalue weighted by atomic mass is 16.2. The molecule has 1 saturated carbocycles. The number of aromatic nitrogens is 4. The number of benzene rings is 2. The summed E-state index contributed by atoms with van der Waals surface area (Å²) in [6.45, 7) is 4.11. The average molecular weight is 613 g/mol. The maximum Gasteiger partial charge on any atom is 0.222 e. The number of amides is 1. The van der Waals surface area contributed by atoms with Crippen LogP contribution >= 0.6 is 0 Å². The molecule has 0 spiro atoms. The van der Waals surface area contributed by atoms with Crippen LogP contribution in [0.1, 0.15) is 57.4 Å². The molecule has 2 saturated heterocycles. The second-order valence-corrected chi connectivity index (χ2v) is 13.3. The summed E-state index contributed by atoms with van der Waals surface area (Å²) >= 11 is 0. The standard InChI is InChI=1S/C37H40N8O/c1-24-22-29(44-20-4-9-33(44)46)16-21-43(24)28-7-2-6-25(23-28)31-14-15-32-36(41-31)45(35(42-32)30-8-3-19-40-34(30)38)27-12-10-26(11-13-27)37(39)17-5-18-37/h2-3,6-8,10-15,19,23-24,29H,4-5,9,16-18,20-22,39H2,1H3,(H2,38,40). The lowest BCUT2D eigenvalue weighted by Crippen LogP contribution is -2.49. The van der Waals surface area contributed by atoms with E-state index in [0.29, 0.717) is 36.1 Å². The van der Waals surface area contributed by atoms with Crippen molar-refractivity contribution in [2.24, 2.45) is 5.73 Å². The molecular weight excluding hydrogens is 572 g/mol. The third-order valence-electron chi connectivity index (χ3n) is 10.4. The molecule has 2 aliphatic heterocycles. The van der Waals surface area contributed by atoms with Crippen molar-refractivity contribution < 1.29 is 4.79 Å². The highest BCUT2D eigenvalue weighted by molar-refractivity contribution is 5.85. The third-order valence-corrected chi connectivity index (χ3v) is 10.4. The van der Waals surface area contributed by atoms with E-state index in [1.165, 1.54) is 12.1 Å². The molecule has 3 aromatic heterocycles. The highest BCUT2D eigenvalue weighted by Gasteiger charge is 2.35. The molecule has 1 aliphatic carbocycles. The zero-order valence-corrected chi connectivity index (χ0v) is 26.3. The number of pyridine rings is 2. The summed E-state index contributed by atoms with van der Waals surface area (Å²) in [4.78, 5) is 31.6. The van der Waals surface area contributed by atoms with Gasteiger partial charge in [-0.2, -0.15) is 0 Å². The summed E-state index contributed by atoms with van der Waals surface area (Å²) in [5.74, 6) is 1.44. The number of nitrogens with two attached hydrogens (primary N) is 2. The Morgan fingerprint density at radius 1 is 0.891 bits per heavy atom. The molecule has 3 fully saturated rings. The van der Waals surface area contributed by atoms with Gasteiger partial charge in [0.15, 0.2) is 11.5 Å². The molecule has 5 aromatic rings. The first-order valence-corrected chi connectivity index (χ1v) is 16.5. The van der Waals surface area contributed by atoms with Crippen molar-refractivity contribution in [3.63, 3.8) is 0 Å². The molecule has 2 unspecified atom stereocenters. The second kappa shape index (κ2) is 11.2. The van der Waals surface area contributed by atoms with Crippen molar-refractivity contribution in [1.82, 2.24) is 24.4 Å². The smallest absolute Gasteiger partial charge is 0.222 e. The number of anilines is 2. The van der Waals surface area contributed by atoms with E-state index in [0.717, 1.165) is 84.4 Å².